The first-order valence-corrected chi connectivity index (χ1v) is 4.88. The third-order valence-corrected chi connectivity index (χ3v) is 1.87. The van der Waals surface area contributed by atoms with Crippen LogP contribution in [0.15, 0.2) is 42.6 Å². The van der Waals surface area contributed by atoms with E-state index in [-0.39, 0.29) is 0 Å². The Balaban J connectivity index is 2.38. The highest BCUT2D eigenvalue weighted by molar-refractivity contribution is 5.86. The predicted octanol–water partition coefficient (Wildman–Crippen LogP) is 1.85. The zero-order valence-corrected chi connectivity index (χ0v) is 8.82. The van der Waals surface area contributed by atoms with Crippen LogP contribution in [0.3, 0.4) is 0 Å². The number of carbonyl (C=O) groups is 1. The summed E-state index contributed by atoms with van der Waals surface area (Å²) in [5.74, 6) is -0.395. The number of esters is 1. The van der Waals surface area contributed by atoms with Crippen molar-refractivity contribution in [1.82, 2.24) is 5.32 Å². The van der Waals surface area contributed by atoms with E-state index in [2.05, 4.69) is 11.9 Å². The molecule has 0 spiro atoms. The largest absolute Gasteiger partial charge is 0.461 e. The SMILES string of the molecule is C=C(NCc1ccccc1)C(=O)OCC. The van der Waals surface area contributed by atoms with E-state index in [1.807, 2.05) is 30.3 Å². The standard InChI is InChI=1S/C12H15NO2/c1-3-15-12(14)10(2)13-9-11-7-5-4-6-8-11/h4-8,13H,2-3,9H2,1H3. The fourth-order valence-electron chi connectivity index (χ4n) is 1.09. The molecule has 0 radical (unpaired) electrons. The van der Waals surface area contributed by atoms with E-state index in [4.69, 9.17) is 4.74 Å². The quantitative estimate of drug-likeness (QED) is 0.589. The summed E-state index contributed by atoms with van der Waals surface area (Å²) < 4.78 is 4.79. The molecule has 0 aliphatic rings. The van der Waals surface area contributed by atoms with Gasteiger partial charge in [-0.3, -0.25) is 0 Å². The third kappa shape index (κ3) is 3.85. The summed E-state index contributed by atoms with van der Waals surface area (Å²) in [6.07, 6.45) is 0. The highest BCUT2D eigenvalue weighted by atomic mass is 16.5. The van der Waals surface area contributed by atoms with Gasteiger partial charge in [0.2, 0.25) is 0 Å². The van der Waals surface area contributed by atoms with Crippen LogP contribution in [0.25, 0.3) is 0 Å². The minimum absolute atomic E-state index is 0.292. The first-order chi connectivity index (χ1) is 7.24. The van der Waals surface area contributed by atoms with E-state index in [9.17, 15) is 4.79 Å². The normalized spacial score (nSPS) is 9.40. The van der Waals surface area contributed by atoms with Crippen molar-refractivity contribution in [2.45, 2.75) is 13.5 Å². The second-order valence-electron chi connectivity index (χ2n) is 3.04. The van der Waals surface area contributed by atoms with Gasteiger partial charge in [-0.2, -0.15) is 0 Å². The summed E-state index contributed by atoms with van der Waals surface area (Å²) in [7, 11) is 0. The van der Waals surface area contributed by atoms with E-state index < -0.39 is 5.97 Å². The molecular weight excluding hydrogens is 190 g/mol. The summed E-state index contributed by atoms with van der Waals surface area (Å²) >= 11 is 0. The highest BCUT2D eigenvalue weighted by Crippen LogP contribution is 1.99. The molecule has 15 heavy (non-hydrogen) atoms. The van der Waals surface area contributed by atoms with E-state index in [0.29, 0.717) is 18.8 Å². The first kappa shape index (κ1) is 11.3. The molecule has 1 aromatic rings. The van der Waals surface area contributed by atoms with Crippen molar-refractivity contribution >= 4 is 5.97 Å². The monoisotopic (exact) mass is 205 g/mol. The molecule has 0 aromatic heterocycles. The van der Waals surface area contributed by atoms with Crippen LogP contribution in [0.2, 0.25) is 0 Å². The number of hydrogen-bond donors (Lipinski definition) is 1. The van der Waals surface area contributed by atoms with Gasteiger partial charge in [0.05, 0.1) is 6.61 Å². The van der Waals surface area contributed by atoms with Crippen molar-refractivity contribution in [3.63, 3.8) is 0 Å². The van der Waals surface area contributed by atoms with Crippen LogP contribution < -0.4 is 5.32 Å². The maximum atomic E-state index is 11.2. The molecule has 0 unspecified atom stereocenters. The van der Waals surface area contributed by atoms with Crippen molar-refractivity contribution in [2.75, 3.05) is 6.61 Å². The van der Waals surface area contributed by atoms with Gasteiger partial charge in [0.15, 0.2) is 0 Å². The fourth-order valence-corrected chi connectivity index (χ4v) is 1.09. The molecule has 3 heteroatoms. The topological polar surface area (TPSA) is 38.3 Å². The Morgan fingerprint density at radius 2 is 2.07 bits per heavy atom. The number of carbonyl (C=O) groups excluding carboxylic acids is 1. The molecule has 0 fully saturated rings. The van der Waals surface area contributed by atoms with Gasteiger partial charge < -0.3 is 10.1 Å². The molecule has 0 atom stereocenters. The Hall–Kier alpha value is -1.77. The van der Waals surface area contributed by atoms with Crippen LogP contribution in [0.5, 0.6) is 0 Å². The zero-order valence-electron chi connectivity index (χ0n) is 8.82. The minimum Gasteiger partial charge on any atom is -0.461 e. The molecule has 0 saturated carbocycles. The van der Waals surface area contributed by atoms with Gasteiger partial charge in [0.25, 0.3) is 0 Å². The van der Waals surface area contributed by atoms with Crippen LogP contribution >= 0.6 is 0 Å². The molecule has 1 aromatic carbocycles. The van der Waals surface area contributed by atoms with Gasteiger partial charge >= 0.3 is 5.97 Å². The van der Waals surface area contributed by atoms with E-state index in [1.54, 1.807) is 6.92 Å². The summed E-state index contributed by atoms with van der Waals surface area (Å²) in [5, 5.41) is 2.91. The molecule has 0 bridgehead atoms. The Kier molecular flexibility index (Phi) is 4.41. The van der Waals surface area contributed by atoms with Crippen molar-refractivity contribution in [2.24, 2.45) is 0 Å². The van der Waals surface area contributed by atoms with E-state index in [0.717, 1.165) is 5.56 Å². The van der Waals surface area contributed by atoms with Crippen LogP contribution in [0.1, 0.15) is 12.5 Å². The molecule has 0 aliphatic heterocycles. The number of rotatable bonds is 5. The van der Waals surface area contributed by atoms with Crippen molar-refractivity contribution in [1.29, 1.82) is 0 Å². The van der Waals surface area contributed by atoms with Crippen LogP contribution in [-0.2, 0) is 16.1 Å². The van der Waals surface area contributed by atoms with Gasteiger partial charge in [-0.15, -0.1) is 0 Å². The third-order valence-electron chi connectivity index (χ3n) is 1.87. The number of hydrogen-bond acceptors (Lipinski definition) is 3. The molecule has 3 nitrogen and oxygen atoms in total. The molecule has 1 N–H and O–H groups in total. The number of nitrogens with one attached hydrogen (secondary N) is 1. The average Bonchev–Trinajstić information content (AvgIpc) is 2.27. The van der Waals surface area contributed by atoms with Gasteiger partial charge in [0, 0.05) is 6.54 Å². The summed E-state index contributed by atoms with van der Waals surface area (Å²) in [6, 6.07) is 9.80. The van der Waals surface area contributed by atoms with Gasteiger partial charge in [-0.1, -0.05) is 36.9 Å². The lowest BCUT2D eigenvalue weighted by Crippen LogP contribution is -2.21. The molecule has 0 heterocycles. The number of ether oxygens (including phenoxy) is 1. The Morgan fingerprint density at radius 1 is 1.40 bits per heavy atom. The minimum atomic E-state index is -0.395. The van der Waals surface area contributed by atoms with Crippen molar-refractivity contribution in [3.05, 3.63) is 48.2 Å². The predicted molar refractivity (Wildman–Crippen MR) is 59.1 cm³/mol. The van der Waals surface area contributed by atoms with Crippen LogP contribution in [-0.4, -0.2) is 12.6 Å². The molecule has 0 amide bonds. The Morgan fingerprint density at radius 3 is 2.67 bits per heavy atom. The second-order valence-corrected chi connectivity index (χ2v) is 3.04. The van der Waals surface area contributed by atoms with E-state index >= 15 is 0 Å². The van der Waals surface area contributed by atoms with Gasteiger partial charge in [0.1, 0.15) is 5.70 Å². The summed E-state index contributed by atoms with van der Waals surface area (Å²) in [5.41, 5.74) is 1.39. The van der Waals surface area contributed by atoms with Gasteiger partial charge in [-0.05, 0) is 12.5 Å². The first-order valence-electron chi connectivity index (χ1n) is 4.88. The van der Waals surface area contributed by atoms with Crippen LogP contribution in [0.4, 0.5) is 0 Å². The smallest absolute Gasteiger partial charge is 0.353 e. The second kappa shape index (κ2) is 5.86. The summed E-state index contributed by atoms with van der Waals surface area (Å²) in [6.45, 7) is 6.32. The fraction of sp³-hybridized carbons (Fsp3) is 0.250. The van der Waals surface area contributed by atoms with Gasteiger partial charge in [-0.25, -0.2) is 4.79 Å². The highest BCUT2D eigenvalue weighted by Gasteiger charge is 2.05. The molecular formula is C12H15NO2. The lowest BCUT2D eigenvalue weighted by Gasteiger charge is -2.08. The zero-order chi connectivity index (χ0) is 11.1. The lowest BCUT2D eigenvalue weighted by atomic mass is 10.2. The van der Waals surface area contributed by atoms with Crippen molar-refractivity contribution < 1.29 is 9.53 Å². The molecule has 0 aliphatic carbocycles. The Labute approximate surface area is 89.8 Å². The number of benzene rings is 1. The van der Waals surface area contributed by atoms with Crippen molar-refractivity contribution in [3.8, 4) is 0 Å². The maximum absolute atomic E-state index is 11.2. The lowest BCUT2D eigenvalue weighted by molar-refractivity contribution is -0.138. The molecule has 80 valence electrons. The molecule has 0 saturated heterocycles. The summed E-state index contributed by atoms with van der Waals surface area (Å²) in [4.78, 5) is 11.2. The molecule has 1 rings (SSSR count). The van der Waals surface area contributed by atoms with Crippen LogP contribution in [0, 0.1) is 0 Å². The van der Waals surface area contributed by atoms with E-state index in [1.165, 1.54) is 0 Å². The maximum Gasteiger partial charge on any atom is 0.353 e. The average molecular weight is 205 g/mol. The Bertz CT molecular complexity index is 333.